The average Bonchev–Trinajstić information content (AvgIpc) is 3.56. The van der Waals surface area contributed by atoms with Gasteiger partial charge >= 0.3 is 0 Å². The predicted molar refractivity (Wildman–Crippen MR) is 120 cm³/mol. The zero-order chi connectivity index (χ0) is 23.0. The second-order valence-electron chi connectivity index (χ2n) is 8.75. The van der Waals surface area contributed by atoms with Gasteiger partial charge in [0, 0.05) is 11.5 Å². The van der Waals surface area contributed by atoms with E-state index >= 15 is 4.39 Å². The minimum atomic E-state index is -3.70. The topological polar surface area (TPSA) is 66.5 Å². The largest absolute Gasteiger partial charge is 0.334 e. The third kappa shape index (κ3) is 4.71. The smallest absolute Gasteiger partial charge is 0.226 e. The van der Waals surface area contributed by atoms with Crippen LogP contribution in [-0.4, -0.2) is 49.8 Å². The number of nitrogens with one attached hydrogen (secondary N) is 1. The second-order valence-corrected chi connectivity index (χ2v) is 10.8. The highest BCUT2D eigenvalue weighted by Crippen LogP contribution is 2.36. The third-order valence-electron chi connectivity index (χ3n) is 6.32. The fourth-order valence-electron chi connectivity index (χ4n) is 4.37. The normalized spacial score (nSPS) is 23.5. The van der Waals surface area contributed by atoms with Crippen molar-refractivity contribution >= 4 is 15.9 Å². The van der Waals surface area contributed by atoms with Crippen LogP contribution in [0, 0.1) is 18.7 Å². The molecule has 8 heteroatoms. The molecular formula is C24H28F2N2O3S. The number of rotatable bonds is 7. The summed E-state index contributed by atoms with van der Waals surface area (Å²) >= 11 is 0. The number of amides is 1. The van der Waals surface area contributed by atoms with Gasteiger partial charge in [-0.25, -0.2) is 21.9 Å². The van der Waals surface area contributed by atoms with Gasteiger partial charge in [-0.1, -0.05) is 48.0 Å². The molecule has 2 aliphatic rings. The molecule has 1 heterocycles. The first kappa shape index (κ1) is 22.9. The fourth-order valence-corrected chi connectivity index (χ4v) is 5.25. The lowest BCUT2D eigenvalue weighted by Gasteiger charge is -2.29. The van der Waals surface area contributed by atoms with Crippen molar-refractivity contribution in [1.82, 2.24) is 9.62 Å². The molecule has 2 fully saturated rings. The van der Waals surface area contributed by atoms with E-state index in [1.807, 2.05) is 31.2 Å². The van der Waals surface area contributed by atoms with Crippen LogP contribution < -0.4 is 4.72 Å². The Morgan fingerprint density at radius 1 is 1.19 bits per heavy atom. The zero-order valence-electron chi connectivity index (χ0n) is 18.2. The number of likely N-dealkylation sites (tertiary alicyclic amines) is 1. The molecule has 1 saturated heterocycles. The summed E-state index contributed by atoms with van der Waals surface area (Å²) in [6.07, 6.45) is -0.0169. The van der Waals surface area contributed by atoms with Crippen LogP contribution in [0.2, 0.25) is 0 Å². The Balaban J connectivity index is 1.68. The first-order chi connectivity index (χ1) is 15.2. The van der Waals surface area contributed by atoms with Crippen molar-refractivity contribution in [2.75, 3.05) is 12.3 Å². The fraction of sp³-hybridized carbons (Fsp3) is 0.458. The van der Waals surface area contributed by atoms with E-state index in [4.69, 9.17) is 0 Å². The molecule has 2 aromatic carbocycles. The number of carbonyl (C=O) groups excluding carboxylic acids is 1. The summed E-state index contributed by atoms with van der Waals surface area (Å²) in [6.45, 7) is 3.21. The number of halogens is 2. The van der Waals surface area contributed by atoms with Gasteiger partial charge in [0.2, 0.25) is 15.9 Å². The molecule has 1 amide bonds. The molecule has 32 heavy (non-hydrogen) atoms. The van der Waals surface area contributed by atoms with Crippen LogP contribution in [-0.2, 0) is 21.2 Å². The van der Waals surface area contributed by atoms with Crippen molar-refractivity contribution in [3.05, 3.63) is 59.4 Å². The maximum absolute atomic E-state index is 15.5. The molecule has 0 bridgehead atoms. The molecule has 1 saturated carbocycles. The van der Waals surface area contributed by atoms with Crippen LogP contribution >= 0.6 is 0 Å². The highest BCUT2D eigenvalue weighted by molar-refractivity contribution is 7.89. The quantitative estimate of drug-likeness (QED) is 0.684. The summed E-state index contributed by atoms with van der Waals surface area (Å²) in [5.74, 6) is -0.950. The Hall–Kier alpha value is -2.32. The van der Waals surface area contributed by atoms with Gasteiger partial charge in [-0.3, -0.25) is 4.79 Å². The number of hydrogen-bond donors (Lipinski definition) is 1. The van der Waals surface area contributed by atoms with Crippen molar-refractivity contribution in [1.29, 1.82) is 0 Å². The summed E-state index contributed by atoms with van der Waals surface area (Å²) in [4.78, 5) is 14.3. The molecule has 4 rings (SSSR count). The van der Waals surface area contributed by atoms with Gasteiger partial charge in [-0.2, -0.15) is 0 Å². The number of aryl methyl sites for hydroxylation is 1. The van der Waals surface area contributed by atoms with Crippen molar-refractivity contribution in [2.45, 2.75) is 51.4 Å². The van der Waals surface area contributed by atoms with Crippen LogP contribution in [0.4, 0.5) is 8.78 Å². The standard InChI is InChI=1S/C24H28F2N2O3S/c1-3-32(30,31)27-23-20(25)14-28(24(29)16-10-11-16)21(23)13-18-8-5-9-19(22(18)26)17-7-4-6-15(2)12-17/h4-9,12,16,20-21,23,27H,3,10-11,13-14H2,1-2H3/t20-,21-,23-/m0/s1. The minimum absolute atomic E-state index is 0.0290. The Bertz CT molecular complexity index is 1120. The van der Waals surface area contributed by atoms with Crippen LogP contribution in [0.15, 0.2) is 42.5 Å². The molecule has 1 N–H and O–H groups in total. The molecule has 2 aromatic rings. The lowest BCUT2D eigenvalue weighted by atomic mass is 9.95. The molecule has 0 radical (unpaired) electrons. The number of alkyl halides is 1. The van der Waals surface area contributed by atoms with Gasteiger partial charge in [0.25, 0.3) is 0 Å². The average molecular weight is 463 g/mol. The van der Waals surface area contributed by atoms with E-state index < -0.39 is 34.1 Å². The van der Waals surface area contributed by atoms with Gasteiger partial charge in [0.1, 0.15) is 12.0 Å². The molecule has 0 aromatic heterocycles. The Kier molecular flexibility index (Phi) is 6.36. The van der Waals surface area contributed by atoms with Crippen molar-refractivity contribution < 1.29 is 22.0 Å². The van der Waals surface area contributed by atoms with E-state index in [1.54, 1.807) is 18.2 Å². The first-order valence-corrected chi connectivity index (χ1v) is 12.6. The zero-order valence-corrected chi connectivity index (χ0v) is 19.0. The summed E-state index contributed by atoms with van der Waals surface area (Å²) in [5.41, 5.74) is 2.48. The van der Waals surface area contributed by atoms with Crippen molar-refractivity contribution in [2.24, 2.45) is 5.92 Å². The lowest BCUT2D eigenvalue weighted by molar-refractivity contribution is -0.133. The SMILES string of the molecule is CCS(=O)(=O)N[C@H]1[C@@H](F)CN(C(=O)C2CC2)[C@H]1Cc1cccc(-c2cccc(C)c2)c1F. The van der Waals surface area contributed by atoms with Crippen LogP contribution in [0.25, 0.3) is 11.1 Å². The van der Waals surface area contributed by atoms with Gasteiger partial charge in [0.15, 0.2) is 0 Å². The summed E-state index contributed by atoms with van der Waals surface area (Å²) in [7, 11) is -3.70. The minimum Gasteiger partial charge on any atom is -0.334 e. The molecule has 5 nitrogen and oxygen atoms in total. The van der Waals surface area contributed by atoms with Crippen LogP contribution in [0.1, 0.15) is 30.9 Å². The van der Waals surface area contributed by atoms with Gasteiger partial charge < -0.3 is 4.90 Å². The molecule has 1 aliphatic heterocycles. The van der Waals surface area contributed by atoms with E-state index in [0.717, 1.165) is 24.0 Å². The number of hydrogen-bond acceptors (Lipinski definition) is 3. The van der Waals surface area contributed by atoms with Crippen LogP contribution in [0.5, 0.6) is 0 Å². The van der Waals surface area contributed by atoms with Crippen molar-refractivity contribution in [3.8, 4) is 11.1 Å². The monoisotopic (exact) mass is 462 g/mol. The van der Waals surface area contributed by atoms with E-state index in [0.29, 0.717) is 11.1 Å². The Morgan fingerprint density at radius 2 is 1.91 bits per heavy atom. The van der Waals surface area contributed by atoms with E-state index in [-0.39, 0.29) is 30.5 Å². The van der Waals surface area contributed by atoms with Gasteiger partial charge in [-0.05, 0) is 44.2 Å². The molecule has 172 valence electrons. The maximum atomic E-state index is 15.5. The summed E-state index contributed by atoms with van der Waals surface area (Å²) in [6, 6.07) is 10.6. The molecule has 1 aliphatic carbocycles. The summed E-state index contributed by atoms with van der Waals surface area (Å²) < 4.78 is 57.3. The highest BCUT2D eigenvalue weighted by atomic mass is 32.2. The molecule has 0 unspecified atom stereocenters. The van der Waals surface area contributed by atoms with E-state index in [2.05, 4.69) is 4.72 Å². The second kappa shape index (κ2) is 8.90. The van der Waals surface area contributed by atoms with Crippen LogP contribution in [0.3, 0.4) is 0 Å². The molecular weight excluding hydrogens is 434 g/mol. The van der Waals surface area contributed by atoms with Crippen molar-refractivity contribution in [3.63, 3.8) is 0 Å². The summed E-state index contributed by atoms with van der Waals surface area (Å²) in [5, 5.41) is 0. The number of nitrogens with zero attached hydrogens (tertiary/aromatic N) is 1. The number of sulfonamides is 1. The number of benzene rings is 2. The molecule has 3 atom stereocenters. The Morgan fingerprint density at radius 3 is 2.56 bits per heavy atom. The van der Waals surface area contributed by atoms with Gasteiger partial charge in [0.05, 0.1) is 24.4 Å². The predicted octanol–water partition coefficient (Wildman–Crippen LogP) is 3.61. The Labute approximate surface area is 187 Å². The van der Waals surface area contributed by atoms with E-state index in [1.165, 1.54) is 11.8 Å². The van der Waals surface area contributed by atoms with Gasteiger partial charge in [-0.15, -0.1) is 0 Å². The first-order valence-electron chi connectivity index (χ1n) is 11.0. The maximum Gasteiger partial charge on any atom is 0.226 e. The van der Waals surface area contributed by atoms with E-state index in [9.17, 15) is 17.6 Å². The third-order valence-corrected chi connectivity index (χ3v) is 7.71. The molecule has 0 spiro atoms. The number of carbonyl (C=O) groups is 1. The lowest BCUT2D eigenvalue weighted by Crippen LogP contribution is -2.50. The highest BCUT2D eigenvalue weighted by Gasteiger charge is 2.48.